The normalized spacial score (nSPS) is 10.9. The summed E-state index contributed by atoms with van der Waals surface area (Å²) >= 11 is 5.21. The van der Waals surface area contributed by atoms with Crippen molar-refractivity contribution < 1.29 is 17.9 Å². The molecule has 0 aliphatic heterocycles. The van der Waals surface area contributed by atoms with E-state index in [1.807, 2.05) is 6.92 Å². The zero-order valence-electron chi connectivity index (χ0n) is 18.2. The molecule has 1 amide bonds. The molecule has 0 aliphatic rings. The highest BCUT2D eigenvalue weighted by molar-refractivity contribution is 7.92. The fraction of sp³-hybridized carbons (Fsp3) is 0.182. The predicted octanol–water partition coefficient (Wildman–Crippen LogP) is 3.42. The van der Waals surface area contributed by atoms with E-state index in [2.05, 4.69) is 25.3 Å². The van der Waals surface area contributed by atoms with E-state index in [1.54, 1.807) is 44.2 Å². The number of aromatic nitrogens is 2. The van der Waals surface area contributed by atoms with E-state index in [1.165, 1.54) is 24.3 Å². The number of anilines is 2. The van der Waals surface area contributed by atoms with Crippen molar-refractivity contribution in [3.05, 3.63) is 71.5 Å². The molecule has 1 aromatic heterocycles. The molecular formula is C22H23N5O4S2. The Bertz CT molecular complexity index is 1260. The summed E-state index contributed by atoms with van der Waals surface area (Å²) in [6, 6.07) is 14.5. The first-order chi connectivity index (χ1) is 15.7. The van der Waals surface area contributed by atoms with Crippen molar-refractivity contribution in [3.63, 3.8) is 0 Å². The van der Waals surface area contributed by atoms with Gasteiger partial charge in [-0.2, -0.15) is 0 Å². The highest BCUT2D eigenvalue weighted by Crippen LogP contribution is 2.19. The molecule has 0 unspecified atom stereocenters. The maximum absolute atomic E-state index is 12.6. The molecule has 3 aromatic rings. The fourth-order valence-corrected chi connectivity index (χ4v) is 4.09. The SMILES string of the molecule is CCOc1ccccc1C(=O)NC(=S)Nc1ccc(S(=O)(=O)Nc2nc(C)cc(C)n2)cc1. The van der Waals surface area contributed by atoms with Gasteiger partial charge < -0.3 is 10.1 Å². The summed E-state index contributed by atoms with van der Waals surface area (Å²) in [5.41, 5.74) is 2.16. The molecule has 0 aliphatic carbocycles. The lowest BCUT2D eigenvalue weighted by molar-refractivity contribution is 0.0974. The molecule has 0 bridgehead atoms. The molecule has 0 spiro atoms. The average molecular weight is 486 g/mol. The van der Waals surface area contributed by atoms with E-state index < -0.39 is 15.9 Å². The smallest absolute Gasteiger partial charge is 0.264 e. The molecule has 33 heavy (non-hydrogen) atoms. The third-order valence-corrected chi connectivity index (χ3v) is 5.84. The van der Waals surface area contributed by atoms with Gasteiger partial charge in [-0.05, 0) is 75.5 Å². The lowest BCUT2D eigenvalue weighted by atomic mass is 10.2. The van der Waals surface area contributed by atoms with Crippen LogP contribution in [0, 0.1) is 13.8 Å². The molecule has 0 atom stereocenters. The van der Waals surface area contributed by atoms with Crippen LogP contribution in [0.5, 0.6) is 5.75 Å². The van der Waals surface area contributed by atoms with Crippen molar-refractivity contribution in [3.8, 4) is 5.75 Å². The number of hydrogen-bond donors (Lipinski definition) is 3. The highest BCUT2D eigenvalue weighted by atomic mass is 32.2. The summed E-state index contributed by atoms with van der Waals surface area (Å²) in [5.74, 6) is 0.0365. The van der Waals surface area contributed by atoms with Gasteiger partial charge in [-0.15, -0.1) is 0 Å². The topological polar surface area (TPSA) is 122 Å². The second kappa shape index (κ2) is 10.4. The maximum atomic E-state index is 12.6. The Hall–Kier alpha value is -3.57. The quantitative estimate of drug-likeness (QED) is 0.435. The zero-order chi connectivity index (χ0) is 24.0. The van der Waals surface area contributed by atoms with E-state index in [0.29, 0.717) is 35.0 Å². The van der Waals surface area contributed by atoms with Crippen molar-refractivity contribution in [1.82, 2.24) is 15.3 Å². The summed E-state index contributed by atoms with van der Waals surface area (Å²) in [6.45, 7) is 5.76. The van der Waals surface area contributed by atoms with Crippen LogP contribution in [0.25, 0.3) is 0 Å². The number of thiocarbonyl (C=S) groups is 1. The molecule has 2 aromatic carbocycles. The van der Waals surface area contributed by atoms with Gasteiger partial charge in [0.15, 0.2) is 5.11 Å². The molecule has 1 heterocycles. The Balaban J connectivity index is 1.65. The van der Waals surface area contributed by atoms with Crippen molar-refractivity contribution in [2.24, 2.45) is 0 Å². The fourth-order valence-electron chi connectivity index (χ4n) is 2.94. The highest BCUT2D eigenvalue weighted by Gasteiger charge is 2.17. The van der Waals surface area contributed by atoms with Gasteiger partial charge in [0, 0.05) is 17.1 Å². The molecule has 9 nitrogen and oxygen atoms in total. The van der Waals surface area contributed by atoms with E-state index in [4.69, 9.17) is 17.0 Å². The minimum atomic E-state index is -3.88. The molecule has 0 saturated heterocycles. The van der Waals surface area contributed by atoms with Gasteiger partial charge >= 0.3 is 0 Å². The number of rotatable bonds is 7. The van der Waals surface area contributed by atoms with Crippen molar-refractivity contribution >= 4 is 44.9 Å². The minimum Gasteiger partial charge on any atom is -0.493 e. The Labute approximate surface area is 197 Å². The summed E-state index contributed by atoms with van der Waals surface area (Å²) in [6.07, 6.45) is 0. The second-order valence-electron chi connectivity index (χ2n) is 6.94. The number of nitrogens with one attached hydrogen (secondary N) is 3. The number of amides is 1. The van der Waals surface area contributed by atoms with Crippen LogP contribution in [-0.2, 0) is 10.0 Å². The first kappa shape index (κ1) is 24.1. The third-order valence-electron chi connectivity index (χ3n) is 4.29. The van der Waals surface area contributed by atoms with Crippen LogP contribution in [0.2, 0.25) is 0 Å². The van der Waals surface area contributed by atoms with Crippen molar-refractivity contribution in [2.75, 3.05) is 16.6 Å². The Morgan fingerprint density at radius 3 is 2.30 bits per heavy atom. The van der Waals surface area contributed by atoms with Crippen molar-refractivity contribution in [1.29, 1.82) is 0 Å². The molecule has 0 radical (unpaired) electrons. The first-order valence-electron chi connectivity index (χ1n) is 9.97. The number of aryl methyl sites for hydroxylation is 2. The maximum Gasteiger partial charge on any atom is 0.264 e. The Morgan fingerprint density at radius 2 is 1.67 bits per heavy atom. The standard InChI is InChI=1S/C22H23N5O4S2/c1-4-31-19-8-6-5-7-18(19)20(28)26-22(32)25-16-9-11-17(12-10-16)33(29,30)27-21-23-14(2)13-15(3)24-21/h5-13H,4H2,1-3H3,(H,23,24,27)(H2,25,26,28,32). The zero-order valence-corrected chi connectivity index (χ0v) is 19.9. The van der Waals surface area contributed by atoms with E-state index >= 15 is 0 Å². The number of sulfonamides is 1. The summed E-state index contributed by atoms with van der Waals surface area (Å²) in [5, 5.41) is 5.50. The minimum absolute atomic E-state index is 0.00549. The van der Waals surface area contributed by atoms with Gasteiger partial charge in [0.1, 0.15) is 5.75 Å². The molecule has 3 N–H and O–H groups in total. The molecule has 11 heteroatoms. The van der Waals surface area contributed by atoms with Crippen LogP contribution < -0.4 is 20.1 Å². The molecule has 3 rings (SSSR count). The van der Waals surface area contributed by atoms with Gasteiger partial charge in [-0.3, -0.25) is 10.1 Å². The number of hydrogen-bond acceptors (Lipinski definition) is 7. The lowest BCUT2D eigenvalue weighted by Crippen LogP contribution is -2.34. The lowest BCUT2D eigenvalue weighted by Gasteiger charge is -2.13. The number of para-hydroxylation sites is 1. The number of nitrogens with zero attached hydrogens (tertiary/aromatic N) is 2. The monoisotopic (exact) mass is 485 g/mol. The van der Waals surface area contributed by atoms with Crippen LogP contribution in [0.15, 0.2) is 59.5 Å². The summed E-state index contributed by atoms with van der Waals surface area (Å²) < 4.78 is 33.1. The summed E-state index contributed by atoms with van der Waals surface area (Å²) in [7, 11) is -3.88. The van der Waals surface area contributed by atoms with Crippen LogP contribution in [0.4, 0.5) is 11.6 Å². The molecule has 172 valence electrons. The van der Waals surface area contributed by atoms with Crippen LogP contribution in [0.1, 0.15) is 28.7 Å². The largest absolute Gasteiger partial charge is 0.493 e. The Morgan fingerprint density at radius 1 is 1.03 bits per heavy atom. The molecule has 0 fully saturated rings. The number of carbonyl (C=O) groups is 1. The average Bonchev–Trinajstić information content (AvgIpc) is 2.73. The van der Waals surface area contributed by atoms with Gasteiger partial charge in [0.2, 0.25) is 5.95 Å². The Kier molecular flexibility index (Phi) is 7.56. The summed E-state index contributed by atoms with van der Waals surface area (Å²) in [4.78, 5) is 20.7. The first-order valence-corrected chi connectivity index (χ1v) is 11.9. The van der Waals surface area contributed by atoms with E-state index in [-0.39, 0.29) is 16.0 Å². The number of benzene rings is 2. The molecule has 0 saturated carbocycles. The number of ether oxygens (including phenoxy) is 1. The van der Waals surface area contributed by atoms with Gasteiger partial charge in [-0.1, -0.05) is 12.1 Å². The van der Waals surface area contributed by atoms with E-state index in [0.717, 1.165) is 0 Å². The van der Waals surface area contributed by atoms with Crippen LogP contribution in [0.3, 0.4) is 0 Å². The predicted molar refractivity (Wildman–Crippen MR) is 130 cm³/mol. The van der Waals surface area contributed by atoms with Crippen LogP contribution >= 0.6 is 12.2 Å². The van der Waals surface area contributed by atoms with Gasteiger partial charge in [0.25, 0.3) is 15.9 Å². The van der Waals surface area contributed by atoms with E-state index in [9.17, 15) is 13.2 Å². The number of carbonyl (C=O) groups excluding carboxylic acids is 1. The van der Waals surface area contributed by atoms with Gasteiger partial charge in [0.05, 0.1) is 17.1 Å². The third kappa shape index (κ3) is 6.46. The van der Waals surface area contributed by atoms with Crippen molar-refractivity contribution in [2.45, 2.75) is 25.7 Å². The van der Waals surface area contributed by atoms with Crippen LogP contribution in [-0.4, -0.2) is 36.0 Å². The molecular weight excluding hydrogens is 462 g/mol. The second-order valence-corrected chi connectivity index (χ2v) is 9.03. The van der Waals surface area contributed by atoms with Gasteiger partial charge in [-0.25, -0.2) is 23.1 Å².